The minimum atomic E-state index is -3.53. The van der Waals surface area contributed by atoms with Crippen LogP contribution in [-0.4, -0.2) is 38.4 Å². The number of fused-ring (bicyclic) bond motifs is 1. The van der Waals surface area contributed by atoms with Gasteiger partial charge in [-0.25, -0.2) is 13.1 Å². The van der Waals surface area contributed by atoms with Crippen LogP contribution in [0, 0.1) is 6.92 Å². The van der Waals surface area contributed by atoms with Gasteiger partial charge < -0.3 is 9.88 Å². The number of nitrogens with one attached hydrogen (secondary N) is 2. The van der Waals surface area contributed by atoms with E-state index in [4.69, 9.17) is 0 Å². The highest BCUT2D eigenvalue weighted by molar-refractivity contribution is 7.89. The second-order valence-corrected chi connectivity index (χ2v) is 8.43. The van der Waals surface area contributed by atoms with Crippen LogP contribution in [0.5, 0.6) is 0 Å². The van der Waals surface area contributed by atoms with Gasteiger partial charge in [-0.2, -0.15) is 0 Å². The van der Waals surface area contributed by atoms with Gasteiger partial charge in [0.2, 0.25) is 10.0 Å². The van der Waals surface area contributed by atoms with Gasteiger partial charge in [0.15, 0.2) is 0 Å². The zero-order chi connectivity index (χ0) is 19.4. The number of pyridine rings is 1. The first kappa shape index (κ1) is 19.3. The van der Waals surface area contributed by atoms with Gasteiger partial charge >= 0.3 is 0 Å². The first-order valence-corrected chi connectivity index (χ1v) is 10.2. The second kappa shape index (κ2) is 8.04. The summed E-state index contributed by atoms with van der Waals surface area (Å²) in [6.07, 6.45) is 0. The largest absolute Gasteiger partial charge is 0.322 e. The average Bonchev–Trinajstić information content (AvgIpc) is 2.62. The Morgan fingerprint density at radius 3 is 2.52 bits per heavy atom. The van der Waals surface area contributed by atoms with E-state index in [1.54, 1.807) is 24.3 Å². The first-order valence-electron chi connectivity index (χ1n) is 8.71. The van der Waals surface area contributed by atoms with Crippen molar-refractivity contribution in [1.29, 1.82) is 0 Å². The second-order valence-electron chi connectivity index (χ2n) is 6.66. The van der Waals surface area contributed by atoms with Crippen molar-refractivity contribution >= 4 is 20.9 Å². The molecular formula is C20H23N3O3S. The number of hydrogen-bond donors (Lipinski definition) is 2. The summed E-state index contributed by atoms with van der Waals surface area (Å²) in [5.74, 6) is 0. The van der Waals surface area contributed by atoms with Gasteiger partial charge in [-0.3, -0.25) is 4.79 Å². The van der Waals surface area contributed by atoms with Gasteiger partial charge in [0.05, 0.1) is 4.90 Å². The van der Waals surface area contributed by atoms with Crippen LogP contribution < -0.4 is 10.3 Å². The smallest absolute Gasteiger partial charge is 0.252 e. The van der Waals surface area contributed by atoms with E-state index < -0.39 is 10.0 Å². The van der Waals surface area contributed by atoms with Crippen molar-refractivity contribution in [3.8, 4) is 0 Å². The van der Waals surface area contributed by atoms with Crippen molar-refractivity contribution in [3.63, 3.8) is 0 Å². The maximum Gasteiger partial charge on any atom is 0.252 e. The number of likely N-dealkylation sites (N-methyl/N-ethyl adjacent to an activating group) is 1. The molecule has 0 atom stereocenters. The van der Waals surface area contributed by atoms with Crippen LogP contribution in [0.3, 0.4) is 0 Å². The van der Waals surface area contributed by atoms with E-state index in [1.165, 1.54) is 0 Å². The molecular weight excluding hydrogens is 362 g/mol. The van der Waals surface area contributed by atoms with E-state index in [1.807, 2.05) is 49.2 Å². The van der Waals surface area contributed by atoms with Gasteiger partial charge in [0, 0.05) is 30.7 Å². The molecule has 1 heterocycles. The number of H-pyrrole nitrogens is 1. The van der Waals surface area contributed by atoms with Crippen LogP contribution in [0.1, 0.15) is 11.1 Å². The van der Waals surface area contributed by atoms with Gasteiger partial charge in [-0.15, -0.1) is 0 Å². The number of sulfonamides is 1. The quantitative estimate of drug-likeness (QED) is 0.654. The van der Waals surface area contributed by atoms with E-state index >= 15 is 0 Å². The SMILES string of the molecule is Cc1ccc(S(=O)(=O)NCCN(C)Cc2cc3ccccc3[nH]c2=O)cc1. The van der Waals surface area contributed by atoms with Gasteiger partial charge in [-0.1, -0.05) is 35.9 Å². The highest BCUT2D eigenvalue weighted by Gasteiger charge is 2.13. The number of para-hydroxylation sites is 1. The summed E-state index contributed by atoms with van der Waals surface area (Å²) in [6.45, 7) is 3.09. The molecule has 0 aliphatic carbocycles. The first-order chi connectivity index (χ1) is 12.8. The van der Waals surface area contributed by atoms with Crippen LogP contribution in [-0.2, 0) is 16.6 Å². The van der Waals surface area contributed by atoms with Crippen LogP contribution in [0.15, 0.2) is 64.3 Å². The molecule has 6 nitrogen and oxygen atoms in total. The number of aromatic amines is 1. The fraction of sp³-hybridized carbons (Fsp3) is 0.250. The molecule has 2 aromatic carbocycles. The van der Waals surface area contributed by atoms with Crippen molar-refractivity contribution in [2.24, 2.45) is 0 Å². The molecule has 2 N–H and O–H groups in total. The zero-order valence-corrected chi connectivity index (χ0v) is 16.2. The standard InChI is InChI=1S/C20H23N3O3S/c1-15-7-9-18(10-8-15)27(25,26)21-11-12-23(2)14-17-13-16-5-3-4-6-19(16)22-20(17)24/h3-10,13,21H,11-12,14H2,1-2H3,(H,22,24). The Morgan fingerprint density at radius 2 is 1.78 bits per heavy atom. The van der Waals surface area contributed by atoms with Crippen molar-refractivity contribution in [2.75, 3.05) is 20.1 Å². The minimum Gasteiger partial charge on any atom is -0.322 e. The Balaban J connectivity index is 1.60. The molecule has 7 heteroatoms. The third-order valence-electron chi connectivity index (χ3n) is 4.39. The van der Waals surface area contributed by atoms with E-state index in [2.05, 4.69) is 9.71 Å². The molecule has 0 aliphatic rings. The maximum absolute atomic E-state index is 12.3. The van der Waals surface area contributed by atoms with Crippen molar-refractivity contribution in [1.82, 2.24) is 14.6 Å². The summed E-state index contributed by atoms with van der Waals surface area (Å²) in [4.78, 5) is 17.3. The van der Waals surface area contributed by atoms with Gasteiger partial charge in [-0.05, 0) is 43.6 Å². The number of rotatable bonds is 7. The number of aromatic nitrogens is 1. The van der Waals surface area contributed by atoms with E-state index in [0.717, 1.165) is 16.5 Å². The molecule has 3 rings (SSSR count). The van der Waals surface area contributed by atoms with Crippen molar-refractivity contribution < 1.29 is 8.42 Å². The molecule has 0 amide bonds. The Hall–Kier alpha value is -2.48. The predicted molar refractivity (Wildman–Crippen MR) is 107 cm³/mol. The van der Waals surface area contributed by atoms with Gasteiger partial charge in [0.1, 0.15) is 0 Å². The summed E-state index contributed by atoms with van der Waals surface area (Å²) in [5, 5.41) is 0.973. The Morgan fingerprint density at radius 1 is 1.07 bits per heavy atom. The number of hydrogen-bond acceptors (Lipinski definition) is 4. The molecule has 142 valence electrons. The summed E-state index contributed by atoms with van der Waals surface area (Å²) >= 11 is 0. The highest BCUT2D eigenvalue weighted by atomic mass is 32.2. The number of nitrogens with zero attached hydrogens (tertiary/aromatic N) is 1. The molecule has 0 fully saturated rings. The Bertz CT molecular complexity index is 1090. The summed E-state index contributed by atoms with van der Waals surface area (Å²) in [7, 11) is -1.67. The van der Waals surface area contributed by atoms with E-state index in [0.29, 0.717) is 18.7 Å². The fourth-order valence-electron chi connectivity index (χ4n) is 2.85. The van der Waals surface area contributed by atoms with Gasteiger partial charge in [0.25, 0.3) is 5.56 Å². The molecule has 0 aliphatic heterocycles. The topological polar surface area (TPSA) is 82.3 Å². The van der Waals surface area contributed by atoms with Crippen LogP contribution >= 0.6 is 0 Å². The maximum atomic E-state index is 12.3. The normalized spacial score (nSPS) is 12.0. The van der Waals surface area contributed by atoms with E-state index in [9.17, 15) is 13.2 Å². The molecule has 27 heavy (non-hydrogen) atoms. The lowest BCUT2D eigenvalue weighted by Gasteiger charge is -2.17. The predicted octanol–water partition coefficient (Wildman–Crippen LogP) is 2.25. The number of benzene rings is 2. The highest BCUT2D eigenvalue weighted by Crippen LogP contribution is 2.11. The third kappa shape index (κ3) is 4.82. The third-order valence-corrected chi connectivity index (χ3v) is 5.86. The summed E-state index contributed by atoms with van der Waals surface area (Å²) < 4.78 is 27.2. The molecule has 3 aromatic rings. The van der Waals surface area contributed by atoms with Crippen molar-refractivity contribution in [3.05, 3.63) is 76.1 Å². The minimum absolute atomic E-state index is 0.124. The Kier molecular flexibility index (Phi) is 5.74. The summed E-state index contributed by atoms with van der Waals surface area (Å²) in [6, 6.07) is 16.2. The lowest BCUT2D eigenvalue weighted by atomic mass is 10.1. The molecule has 0 spiro atoms. The lowest BCUT2D eigenvalue weighted by Crippen LogP contribution is -2.33. The van der Waals surface area contributed by atoms with Crippen LogP contribution in [0.2, 0.25) is 0 Å². The summed E-state index contributed by atoms with van der Waals surface area (Å²) in [5.41, 5.74) is 2.34. The molecule has 1 aromatic heterocycles. The van der Waals surface area contributed by atoms with Crippen LogP contribution in [0.4, 0.5) is 0 Å². The number of aryl methyl sites for hydroxylation is 1. The zero-order valence-electron chi connectivity index (χ0n) is 15.4. The molecule has 0 bridgehead atoms. The van der Waals surface area contributed by atoms with Crippen molar-refractivity contribution in [2.45, 2.75) is 18.4 Å². The molecule has 0 unspecified atom stereocenters. The average molecular weight is 385 g/mol. The molecule has 0 saturated carbocycles. The lowest BCUT2D eigenvalue weighted by molar-refractivity contribution is 0.330. The fourth-order valence-corrected chi connectivity index (χ4v) is 3.87. The van der Waals surface area contributed by atoms with E-state index in [-0.39, 0.29) is 17.0 Å². The molecule has 0 saturated heterocycles. The van der Waals surface area contributed by atoms with Crippen LogP contribution in [0.25, 0.3) is 10.9 Å². The Labute approximate surface area is 158 Å². The monoisotopic (exact) mass is 385 g/mol. The molecule has 0 radical (unpaired) electrons.